The fourth-order valence-electron chi connectivity index (χ4n) is 1.95. The molecule has 3 aromatic rings. The summed E-state index contributed by atoms with van der Waals surface area (Å²) in [5.41, 5.74) is 3.53. The Morgan fingerprint density at radius 1 is 1.05 bits per heavy atom. The third-order valence-corrected chi connectivity index (χ3v) is 4.86. The van der Waals surface area contributed by atoms with Crippen LogP contribution in [0.5, 0.6) is 5.75 Å². The van der Waals surface area contributed by atoms with Gasteiger partial charge in [-0.3, -0.25) is 5.10 Å². The van der Waals surface area contributed by atoms with E-state index in [1.807, 2.05) is 6.07 Å². The molecule has 2 N–H and O–H groups in total. The molecule has 4 heteroatoms. The first-order chi connectivity index (χ1) is 10.3. The SMILES string of the molecule is C=S(=C)(C)c1ccc(C)c(C)c1.Oc1ccc2cn[nH]c2c1. The number of aryl methyl sites for hydroxylation is 2. The summed E-state index contributed by atoms with van der Waals surface area (Å²) >= 11 is 0. The molecule has 0 amide bonds. The summed E-state index contributed by atoms with van der Waals surface area (Å²) in [7, 11) is -1.04. The van der Waals surface area contributed by atoms with Gasteiger partial charge >= 0.3 is 0 Å². The molecule has 0 unspecified atom stereocenters. The van der Waals surface area contributed by atoms with Crippen molar-refractivity contribution in [1.82, 2.24) is 10.2 Å². The maximum Gasteiger partial charge on any atom is 0.117 e. The maximum atomic E-state index is 9.00. The van der Waals surface area contributed by atoms with Crippen molar-refractivity contribution in [3.8, 4) is 5.75 Å². The van der Waals surface area contributed by atoms with Gasteiger partial charge in [-0.15, -0.1) is 0 Å². The Bertz CT molecular complexity index is 892. The summed E-state index contributed by atoms with van der Waals surface area (Å²) in [4.78, 5) is 1.28. The third kappa shape index (κ3) is 3.92. The molecule has 116 valence electrons. The Labute approximate surface area is 132 Å². The molecule has 1 aromatic heterocycles. The van der Waals surface area contributed by atoms with Crippen molar-refractivity contribution in [3.05, 3.63) is 53.7 Å². The van der Waals surface area contributed by atoms with Crippen LogP contribution in [0.25, 0.3) is 10.9 Å². The smallest absolute Gasteiger partial charge is 0.117 e. The number of fused-ring (bicyclic) bond motifs is 1. The summed E-state index contributed by atoms with van der Waals surface area (Å²) in [5, 5.41) is 16.6. The fourth-order valence-corrected chi connectivity index (χ4v) is 2.80. The van der Waals surface area contributed by atoms with Gasteiger partial charge in [0.05, 0.1) is 11.7 Å². The van der Waals surface area contributed by atoms with Crippen LogP contribution in [0.4, 0.5) is 0 Å². The zero-order chi connectivity index (χ0) is 16.3. The van der Waals surface area contributed by atoms with Crippen LogP contribution < -0.4 is 0 Å². The van der Waals surface area contributed by atoms with Crippen molar-refractivity contribution in [3.63, 3.8) is 0 Å². The molecule has 0 saturated heterocycles. The van der Waals surface area contributed by atoms with Crippen LogP contribution in [0.1, 0.15) is 11.1 Å². The highest BCUT2D eigenvalue weighted by Gasteiger charge is 1.97. The van der Waals surface area contributed by atoms with E-state index in [2.05, 4.69) is 60.2 Å². The first-order valence-corrected chi connectivity index (χ1v) is 9.29. The van der Waals surface area contributed by atoms with Crippen LogP contribution in [0.15, 0.2) is 47.5 Å². The molecular weight excluding hydrogens is 292 g/mol. The largest absolute Gasteiger partial charge is 0.508 e. The maximum absolute atomic E-state index is 9.00. The predicted molar refractivity (Wildman–Crippen MR) is 99.7 cm³/mol. The highest BCUT2D eigenvalue weighted by Crippen LogP contribution is 2.28. The van der Waals surface area contributed by atoms with Crippen LogP contribution in [0.3, 0.4) is 0 Å². The van der Waals surface area contributed by atoms with Gasteiger partial charge < -0.3 is 5.11 Å². The van der Waals surface area contributed by atoms with Gasteiger partial charge in [-0.05, 0) is 60.4 Å². The Morgan fingerprint density at radius 3 is 2.41 bits per heavy atom. The van der Waals surface area contributed by atoms with E-state index in [0.717, 1.165) is 10.9 Å². The minimum Gasteiger partial charge on any atom is -0.508 e. The summed E-state index contributed by atoms with van der Waals surface area (Å²) in [5.74, 6) is 8.43. The number of aromatic amines is 1. The molecule has 2 aromatic carbocycles. The summed E-state index contributed by atoms with van der Waals surface area (Å²) in [6.45, 7) is 4.25. The molecular formula is C18H22N2OS. The number of H-pyrrole nitrogens is 1. The molecule has 0 bridgehead atoms. The molecule has 0 atom stereocenters. The molecule has 0 radical (unpaired) electrons. The van der Waals surface area contributed by atoms with E-state index in [0.29, 0.717) is 0 Å². The Hall–Kier alpha value is -2.20. The van der Waals surface area contributed by atoms with Crippen molar-refractivity contribution >= 4 is 31.8 Å². The van der Waals surface area contributed by atoms with Crippen molar-refractivity contribution in [2.45, 2.75) is 18.7 Å². The molecule has 0 aliphatic heterocycles. The quantitative estimate of drug-likeness (QED) is 0.660. The molecule has 0 aliphatic rings. The third-order valence-electron chi connectivity index (χ3n) is 3.47. The van der Waals surface area contributed by atoms with Gasteiger partial charge in [-0.2, -0.15) is 14.3 Å². The number of hydrogen-bond donors (Lipinski definition) is 2. The number of phenolic OH excluding ortho intramolecular Hbond substituents is 1. The minimum absolute atomic E-state index is 0.261. The first kappa shape index (κ1) is 16.2. The van der Waals surface area contributed by atoms with Gasteiger partial charge in [-0.25, -0.2) is 0 Å². The van der Waals surface area contributed by atoms with Crippen LogP contribution in [0, 0.1) is 13.8 Å². The molecule has 0 fully saturated rings. The normalized spacial score (nSPS) is 11.0. The van der Waals surface area contributed by atoms with Gasteiger partial charge in [0.2, 0.25) is 0 Å². The highest BCUT2D eigenvalue weighted by atomic mass is 32.2. The van der Waals surface area contributed by atoms with Crippen molar-refractivity contribution in [2.75, 3.05) is 6.26 Å². The van der Waals surface area contributed by atoms with Crippen molar-refractivity contribution < 1.29 is 5.11 Å². The lowest BCUT2D eigenvalue weighted by Crippen LogP contribution is -1.83. The number of rotatable bonds is 1. The van der Waals surface area contributed by atoms with E-state index in [4.69, 9.17) is 5.11 Å². The summed E-state index contributed by atoms with van der Waals surface area (Å²) in [6, 6.07) is 11.6. The summed E-state index contributed by atoms with van der Waals surface area (Å²) < 4.78 is 0. The fraction of sp³-hybridized carbons (Fsp3) is 0.167. The van der Waals surface area contributed by atoms with E-state index in [9.17, 15) is 0 Å². The molecule has 3 rings (SSSR count). The van der Waals surface area contributed by atoms with E-state index in [-0.39, 0.29) is 5.75 Å². The van der Waals surface area contributed by atoms with Gasteiger partial charge in [-0.1, -0.05) is 17.8 Å². The number of aromatic hydroxyl groups is 1. The number of phenols is 1. The van der Waals surface area contributed by atoms with Gasteiger partial charge in [0.25, 0.3) is 0 Å². The van der Waals surface area contributed by atoms with E-state index in [1.54, 1.807) is 18.3 Å². The Kier molecular flexibility index (Phi) is 4.62. The number of aromatic nitrogens is 2. The summed E-state index contributed by atoms with van der Waals surface area (Å²) in [6.07, 6.45) is 3.83. The lowest BCUT2D eigenvalue weighted by molar-refractivity contribution is 0.476. The Balaban J connectivity index is 0.000000162. The average Bonchev–Trinajstić information content (AvgIpc) is 2.88. The minimum atomic E-state index is -1.04. The number of nitrogens with zero attached hydrogens (tertiary/aromatic N) is 1. The number of hydrogen-bond acceptors (Lipinski definition) is 2. The second kappa shape index (κ2) is 6.28. The van der Waals surface area contributed by atoms with E-state index < -0.39 is 9.21 Å². The first-order valence-electron chi connectivity index (χ1n) is 6.91. The van der Waals surface area contributed by atoms with Crippen molar-refractivity contribution in [1.29, 1.82) is 0 Å². The van der Waals surface area contributed by atoms with E-state index >= 15 is 0 Å². The van der Waals surface area contributed by atoms with Crippen LogP contribution >= 0.6 is 9.21 Å². The average molecular weight is 314 g/mol. The standard InChI is InChI=1S/C11H16S.C7H6N2O/c1-9-6-7-11(8-10(9)2)12(3,4)5;10-6-2-1-5-4-8-9-7(5)3-6/h6-8H,3-4H2,1-2,5H3;1-4,10H,(H,8,9). The molecule has 22 heavy (non-hydrogen) atoms. The molecule has 3 nitrogen and oxygen atoms in total. The second-order valence-corrected chi connectivity index (χ2v) is 8.68. The molecule has 0 saturated carbocycles. The van der Waals surface area contributed by atoms with E-state index in [1.165, 1.54) is 16.0 Å². The number of nitrogens with one attached hydrogen (secondary N) is 1. The van der Waals surface area contributed by atoms with Gasteiger partial charge in [0.15, 0.2) is 0 Å². The topological polar surface area (TPSA) is 48.9 Å². The zero-order valence-electron chi connectivity index (χ0n) is 13.3. The number of benzene rings is 2. The molecule has 0 aliphatic carbocycles. The van der Waals surface area contributed by atoms with Crippen LogP contribution in [-0.2, 0) is 0 Å². The zero-order valence-corrected chi connectivity index (χ0v) is 14.1. The predicted octanol–water partition coefficient (Wildman–Crippen LogP) is 4.23. The van der Waals surface area contributed by atoms with Crippen LogP contribution in [0.2, 0.25) is 0 Å². The van der Waals surface area contributed by atoms with Crippen LogP contribution in [-0.4, -0.2) is 33.3 Å². The lowest BCUT2D eigenvalue weighted by Gasteiger charge is -2.09. The second-order valence-electron chi connectivity index (χ2n) is 5.66. The molecule has 1 heterocycles. The monoisotopic (exact) mass is 314 g/mol. The lowest BCUT2D eigenvalue weighted by atomic mass is 10.1. The van der Waals surface area contributed by atoms with Gasteiger partial charge in [0.1, 0.15) is 5.75 Å². The highest BCUT2D eigenvalue weighted by molar-refractivity contribution is 8.27. The molecule has 0 spiro atoms. The Morgan fingerprint density at radius 2 is 1.77 bits per heavy atom. The van der Waals surface area contributed by atoms with Gasteiger partial charge in [0, 0.05) is 11.5 Å². The van der Waals surface area contributed by atoms with Crippen molar-refractivity contribution in [2.24, 2.45) is 0 Å².